The number of nitrogens with one attached hydrogen (secondary N) is 2. The fourth-order valence-corrected chi connectivity index (χ4v) is 4.12. The van der Waals surface area contributed by atoms with Crippen LogP contribution in [0.1, 0.15) is 46.1 Å². The number of methoxy groups -OCH3 is 1. The lowest BCUT2D eigenvalue weighted by molar-refractivity contribution is 0.103. The van der Waals surface area contributed by atoms with Gasteiger partial charge in [-0.25, -0.2) is 18.4 Å². The summed E-state index contributed by atoms with van der Waals surface area (Å²) < 4.78 is 34.3. The number of Topliss-reactive ketones (excluding diaryl/α,β-unsaturated/α-hetero) is 1. The average Bonchev–Trinajstić information content (AvgIpc) is 3.17. The van der Waals surface area contributed by atoms with Crippen molar-refractivity contribution in [3.05, 3.63) is 81.9 Å². The summed E-state index contributed by atoms with van der Waals surface area (Å²) in [5.74, 6) is 0.224. The summed E-state index contributed by atoms with van der Waals surface area (Å²) in [5, 5.41) is 11.3. The highest BCUT2D eigenvalue weighted by molar-refractivity contribution is 6.13. The zero-order valence-electron chi connectivity index (χ0n) is 17.6. The molecule has 1 atom stereocenters. The molecule has 2 aromatic carbocycles. The van der Waals surface area contributed by atoms with E-state index in [-0.39, 0.29) is 17.6 Å². The Kier molecular flexibility index (Phi) is 4.97. The highest BCUT2D eigenvalue weighted by Gasteiger charge is 2.27. The Bertz CT molecular complexity index is 1270. The van der Waals surface area contributed by atoms with Crippen molar-refractivity contribution in [3.8, 4) is 5.75 Å². The van der Waals surface area contributed by atoms with Crippen LogP contribution >= 0.6 is 0 Å². The summed E-state index contributed by atoms with van der Waals surface area (Å²) in [7, 11) is 1.43. The number of ketones is 1. The zero-order valence-corrected chi connectivity index (χ0v) is 17.6. The maximum absolute atomic E-state index is 13.8. The van der Waals surface area contributed by atoms with Crippen LogP contribution in [0.2, 0.25) is 0 Å². The van der Waals surface area contributed by atoms with E-state index in [0.29, 0.717) is 42.3 Å². The number of ether oxygens (including phenoxy) is 1. The van der Waals surface area contributed by atoms with Crippen molar-refractivity contribution in [2.45, 2.75) is 32.6 Å². The molecule has 0 radical (unpaired) electrons. The van der Waals surface area contributed by atoms with Crippen molar-refractivity contribution >= 4 is 11.5 Å². The summed E-state index contributed by atoms with van der Waals surface area (Å²) >= 11 is 0. The number of carbonyl (C=O) groups is 1. The van der Waals surface area contributed by atoms with E-state index in [1.807, 2.05) is 0 Å². The fraction of sp³-hybridized carbons (Fsp3) is 0.261. The summed E-state index contributed by atoms with van der Waals surface area (Å²) in [4.78, 5) is 17.6. The molecule has 3 aromatic rings. The molecule has 3 heterocycles. The van der Waals surface area contributed by atoms with E-state index in [9.17, 15) is 13.6 Å². The topological polar surface area (TPSA) is 81.1 Å². The Hall–Kier alpha value is -3.59. The highest BCUT2D eigenvalue weighted by atomic mass is 19.1. The van der Waals surface area contributed by atoms with Crippen LogP contribution in [0.15, 0.2) is 42.0 Å². The lowest BCUT2D eigenvalue weighted by Crippen LogP contribution is -2.33. The summed E-state index contributed by atoms with van der Waals surface area (Å²) in [6.07, 6.45) is 0. The number of rotatable bonds is 3. The quantitative estimate of drug-likeness (QED) is 0.655. The number of hydrogen-bond acceptors (Lipinski definition) is 6. The Morgan fingerprint density at radius 2 is 2.00 bits per heavy atom. The number of benzene rings is 2. The number of nitrogens with zero attached hydrogens (tertiary/aromatic N) is 3. The number of halogens is 2. The zero-order chi connectivity index (χ0) is 22.4. The molecule has 2 aliphatic heterocycles. The van der Waals surface area contributed by atoms with Crippen LogP contribution in [0.4, 0.5) is 8.78 Å². The van der Waals surface area contributed by atoms with E-state index in [0.717, 1.165) is 17.0 Å². The van der Waals surface area contributed by atoms with E-state index in [1.165, 1.54) is 25.3 Å². The van der Waals surface area contributed by atoms with Crippen molar-refractivity contribution < 1.29 is 18.3 Å². The molecule has 1 unspecified atom stereocenters. The van der Waals surface area contributed by atoms with Gasteiger partial charge in [0.1, 0.15) is 11.6 Å². The van der Waals surface area contributed by atoms with E-state index >= 15 is 0 Å². The van der Waals surface area contributed by atoms with Crippen LogP contribution in [0.3, 0.4) is 0 Å². The van der Waals surface area contributed by atoms with Crippen molar-refractivity contribution in [2.75, 3.05) is 7.11 Å². The van der Waals surface area contributed by atoms with Gasteiger partial charge in [0.25, 0.3) is 0 Å². The molecule has 0 aliphatic carbocycles. The molecule has 2 aliphatic rings. The Morgan fingerprint density at radius 3 is 2.81 bits per heavy atom. The lowest BCUT2D eigenvalue weighted by Gasteiger charge is -2.24. The smallest absolute Gasteiger partial charge is 0.197 e. The van der Waals surface area contributed by atoms with Crippen molar-refractivity contribution in [2.24, 2.45) is 0 Å². The molecule has 0 saturated heterocycles. The van der Waals surface area contributed by atoms with Gasteiger partial charge in [-0.3, -0.25) is 4.79 Å². The van der Waals surface area contributed by atoms with E-state index in [4.69, 9.17) is 4.74 Å². The van der Waals surface area contributed by atoms with Crippen LogP contribution in [0, 0.1) is 11.6 Å². The molecule has 164 valence electrons. The molecule has 0 saturated carbocycles. The second-order valence-corrected chi connectivity index (χ2v) is 7.85. The number of aromatic nitrogens is 3. The fourth-order valence-electron chi connectivity index (χ4n) is 4.12. The highest BCUT2D eigenvalue weighted by Crippen LogP contribution is 2.28. The first-order chi connectivity index (χ1) is 15.4. The number of hydrogen-bond donors (Lipinski definition) is 2. The van der Waals surface area contributed by atoms with Crippen LogP contribution in [-0.4, -0.2) is 27.7 Å². The molecule has 0 spiro atoms. The first-order valence-corrected chi connectivity index (χ1v) is 10.2. The van der Waals surface area contributed by atoms with E-state index < -0.39 is 11.6 Å². The van der Waals surface area contributed by atoms with E-state index in [2.05, 4.69) is 20.7 Å². The van der Waals surface area contributed by atoms with Gasteiger partial charge in [0.05, 0.1) is 31.9 Å². The van der Waals surface area contributed by atoms with Gasteiger partial charge in [-0.05, 0) is 42.3 Å². The molecule has 2 N–H and O–H groups in total. The van der Waals surface area contributed by atoms with Gasteiger partial charge < -0.3 is 15.4 Å². The molecule has 9 heteroatoms. The Balaban J connectivity index is 1.44. The van der Waals surface area contributed by atoms with Gasteiger partial charge in [0.2, 0.25) is 0 Å². The predicted molar refractivity (Wildman–Crippen MR) is 113 cm³/mol. The normalized spacial score (nSPS) is 18.0. The number of allylic oxidation sites excluding steroid dienone is 1. The van der Waals surface area contributed by atoms with Gasteiger partial charge in [-0.1, -0.05) is 12.1 Å². The lowest BCUT2D eigenvalue weighted by atomic mass is 9.99. The summed E-state index contributed by atoms with van der Waals surface area (Å²) in [6, 6.07) is 8.90. The number of fused-ring (bicyclic) bond motifs is 2. The predicted octanol–water partition coefficient (Wildman–Crippen LogP) is 3.13. The maximum Gasteiger partial charge on any atom is 0.197 e. The minimum absolute atomic E-state index is 0.0995. The third-order valence-electron chi connectivity index (χ3n) is 5.90. The minimum Gasteiger partial charge on any atom is -0.494 e. The van der Waals surface area contributed by atoms with Crippen LogP contribution < -0.4 is 15.4 Å². The van der Waals surface area contributed by atoms with Crippen molar-refractivity contribution in [3.63, 3.8) is 0 Å². The largest absolute Gasteiger partial charge is 0.494 e. The standard InChI is InChI=1S/C23H21F2N5O2/c1-12-21(27-9-14-3-5-15(24)8-16(14)22(12)31)23-28-20-10-26-18(11-30(20)29-23)13-4-6-17(25)19(7-13)32-2/h3-8,18,26-27H,9-11H2,1-2H3. The van der Waals surface area contributed by atoms with Crippen molar-refractivity contribution in [1.82, 2.24) is 25.4 Å². The van der Waals surface area contributed by atoms with Gasteiger partial charge in [-0.15, -0.1) is 5.10 Å². The molecular weight excluding hydrogens is 416 g/mol. The van der Waals surface area contributed by atoms with Gasteiger partial charge in [0.15, 0.2) is 23.2 Å². The molecular formula is C23H21F2N5O2. The SMILES string of the molecule is COc1cc(C2Cn3nc(C4=C(C)C(=O)c5cc(F)ccc5CN4)nc3CN2)ccc1F. The minimum atomic E-state index is -0.446. The maximum atomic E-state index is 13.8. The van der Waals surface area contributed by atoms with Gasteiger partial charge >= 0.3 is 0 Å². The Morgan fingerprint density at radius 1 is 1.16 bits per heavy atom. The molecule has 0 amide bonds. The van der Waals surface area contributed by atoms with Crippen molar-refractivity contribution in [1.29, 1.82) is 0 Å². The van der Waals surface area contributed by atoms with Crippen LogP contribution in [0.5, 0.6) is 5.75 Å². The van der Waals surface area contributed by atoms with E-state index in [1.54, 1.807) is 29.8 Å². The number of carbonyl (C=O) groups excluding carboxylic acids is 1. The van der Waals surface area contributed by atoms with Gasteiger partial charge in [-0.2, -0.15) is 0 Å². The first-order valence-electron chi connectivity index (χ1n) is 10.2. The molecule has 0 bridgehead atoms. The second kappa shape index (κ2) is 7.83. The third kappa shape index (κ3) is 3.44. The monoisotopic (exact) mass is 437 g/mol. The summed E-state index contributed by atoms with van der Waals surface area (Å²) in [6.45, 7) is 3.01. The molecule has 7 nitrogen and oxygen atoms in total. The van der Waals surface area contributed by atoms with Gasteiger partial charge in [0, 0.05) is 17.7 Å². The third-order valence-corrected chi connectivity index (χ3v) is 5.90. The molecule has 1 aromatic heterocycles. The van der Waals surface area contributed by atoms with Crippen LogP contribution in [0.25, 0.3) is 5.70 Å². The second-order valence-electron chi connectivity index (χ2n) is 7.85. The molecule has 5 rings (SSSR count). The molecule has 32 heavy (non-hydrogen) atoms. The average molecular weight is 437 g/mol. The molecule has 0 fully saturated rings. The van der Waals surface area contributed by atoms with Crippen LogP contribution in [-0.2, 0) is 19.6 Å². The Labute approximate surface area is 183 Å². The first kappa shape index (κ1) is 20.3. The summed E-state index contributed by atoms with van der Waals surface area (Å²) in [5.41, 5.74) is 2.92.